The average Bonchev–Trinajstić information content (AvgIpc) is 3.25. The van der Waals surface area contributed by atoms with Crippen molar-refractivity contribution in [1.82, 2.24) is 25.1 Å². The van der Waals surface area contributed by atoms with Gasteiger partial charge >= 0.3 is 0 Å². The van der Waals surface area contributed by atoms with E-state index in [1.165, 1.54) is 0 Å². The van der Waals surface area contributed by atoms with Gasteiger partial charge in [-0.15, -0.1) is 0 Å². The first kappa shape index (κ1) is 20.4. The van der Waals surface area contributed by atoms with Gasteiger partial charge in [-0.1, -0.05) is 6.07 Å². The van der Waals surface area contributed by atoms with Gasteiger partial charge in [0.2, 0.25) is 0 Å². The van der Waals surface area contributed by atoms with E-state index >= 15 is 0 Å². The SMILES string of the molecule is Cc1cc2[nH]c(=O)c3cnn(C4CCOCC4)c3c2cc1C(=O)NCc1cccnc1C. The zero-order valence-electron chi connectivity index (χ0n) is 18.1. The number of aryl methyl sites for hydroxylation is 2. The van der Waals surface area contributed by atoms with E-state index in [0.29, 0.717) is 36.2 Å². The summed E-state index contributed by atoms with van der Waals surface area (Å²) < 4.78 is 7.43. The Balaban J connectivity index is 1.57. The fraction of sp³-hybridized carbons (Fsp3) is 0.333. The van der Waals surface area contributed by atoms with Crippen molar-refractivity contribution in [3.05, 3.63) is 69.4 Å². The predicted molar refractivity (Wildman–Crippen MR) is 122 cm³/mol. The molecule has 3 aromatic heterocycles. The summed E-state index contributed by atoms with van der Waals surface area (Å²) in [5.74, 6) is -0.163. The number of benzene rings is 1. The lowest BCUT2D eigenvalue weighted by atomic mass is 10.0. The van der Waals surface area contributed by atoms with Gasteiger partial charge in [0.05, 0.1) is 28.7 Å². The number of carbonyl (C=O) groups excluding carboxylic acids is 1. The molecule has 1 saturated heterocycles. The second-order valence-corrected chi connectivity index (χ2v) is 8.29. The van der Waals surface area contributed by atoms with Crippen molar-refractivity contribution in [3.63, 3.8) is 0 Å². The van der Waals surface area contributed by atoms with E-state index in [2.05, 4.69) is 20.4 Å². The minimum absolute atomic E-state index is 0.163. The molecule has 4 aromatic rings. The van der Waals surface area contributed by atoms with Crippen molar-refractivity contribution >= 4 is 27.7 Å². The number of fused-ring (bicyclic) bond motifs is 3. The van der Waals surface area contributed by atoms with Crippen molar-refractivity contribution in [2.75, 3.05) is 13.2 Å². The Morgan fingerprint density at radius 3 is 2.84 bits per heavy atom. The van der Waals surface area contributed by atoms with Crippen LogP contribution in [0.25, 0.3) is 21.8 Å². The summed E-state index contributed by atoms with van der Waals surface area (Å²) in [5, 5.41) is 8.90. The molecule has 2 N–H and O–H groups in total. The Kier molecular flexibility index (Phi) is 5.22. The molecule has 1 aliphatic heterocycles. The molecule has 5 rings (SSSR count). The molecule has 32 heavy (non-hydrogen) atoms. The van der Waals surface area contributed by atoms with Crippen LogP contribution in [-0.4, -0.2) is 38.9 Å². The molecule has 0 saturated carbocycles. The number of pyridine rings is 2. The lowest BCUT2D eigenvalue weighted by Crippen LogP contribution is -2.24. The fourth-order valence-electron chi connectivity index (χ4n) is 4.42. The van der Waals surface area contributed by atoms with Crippen molar-refractivity contribution in [3.8, 4) is 0 Å². The first-order chi connectivity index (χ1) is 15.5. The number of ether oxygens (including phenoxy) is 1. The Labute approximate surface area is 184 Å². The number of rotatable bonds is 4. The molecule has 0 unspecified atom stereocenters. The van der Waals surface area contributed by atoms with Crippen LogP contribution in [0.1, 0.15) is 46.1 Å². The molecule has 0 atom stereocenters. The Morgan fingerprint density at radius 1 is 1.25 bits per heavy atom. The third-order valence-corrected chi connectivity index (χ3v) is 6.25. The van der Waals surface area contributed by atoms with E-state index in [1.807, 2.05) is 42.8 Å². The molecule has 0 aliphatic carbocycles. The van der Waals surface area contributed by atoms with Crippen molar-refractivity contribution in [2.24, 2.45) is 0 Å². The van der Waals surface area contributed by atoms with Gasteiger partial charge in [-0.3, -0.25) is 19.3 Å². The Morgan fingerprint density at radius 2 is 2.06 bits per heavy atom. The maximum atomic E-state index is 13.1. The predicted octanol–water partition coefficient (Wildman–Crippen LogP) is 3.17. The van der Waals surface area contributed by atoms with Crippen LogP contribution in [0, 0.1) is 13.8 Å². The molecule has 8 nitrogen and oxygen atoms in total. The summed E-state index contributed by atoms with van der Waals surface area (Å²) in [6, 6.07) is 7.71. The van der Waals surface area contributed by atoms with Gasteiger partial charge < -0.3 is 15.0 Å². The van der Waals surface area contributed by atoms with E-state index in [9.17, 15) is 9.59 Å². The number of hydrogen-bond acceptors (Lipinski definition) is 5. The van der Waals surface area contributed by atoms with Gasteiger partial charge in [-0.2, -0.15) is 5.10 Å². The average molecular weight is 431 g/mol. The van der Waals surface area contributed by atoms with E-state index in [4.69, 9.17) is 4.74 Å². The second kappa shape index (κ2) is 8.20. The van der Waals surface area contributed by atoms with Gasteiger partial charge in [-0.05, 0) is 56.0 Å². The minimum Gasteiger partial charge on any atom is -0.381 e. The summed E-state index contributed by atoms with van der Waals surface area (Å²) >= 11 is 0. The molecule has 0 bridgehead atoms. The molecule has 4 heterocycles. The standard InChI is InChI=1S/C24H25N5O3/c1-14-10-21-19(11-18(14)23(30)26-12-16-4-3-7-25-15(16)2)22-20(24(31)28-21)13-27-29(22)17-5-8-32-9-6-17/h3-4,7,10-11,13,17H,5-6,8-9,12H2,1-2H3,(H,26,30)(H,28,31). The molecule has 0 radical (unpaired) electrons. The highest BCUT2D eigenvalue weighted by Gasteiger charge is 2.22. The lowest BCUT2D eigenvalue weighted by molar-refractivity contribution is 0.0675. The highest BCUT2D eigenvalue weighted by atomic mass is 16.5. The topological polar surface area (TPSA) is 102 Å². The highest BCUT2D eigenvalue weighted by Crippen LogP contribution is 2.29. The van der Waals surface area contributed by atoms with Crippen LogP contribution in [-0.2, 0) is 11.3 Å². The monoisotopic (exact) mass is 431 g/mol. The normalized spacial score (nSPS) is 14.8. The summed E-state index contributed by atoms with van der Waals surface area (Å²) in [5.41, 5.74) is 4.54. The maximum absolute atomic E-state index is 13.1. The van der Waals surface area contributed by atoms with E-state index in [1.54, 1.807) is 12.4 Å². The van der Waals surface area contributed by atoms with Gasteiger partial charge in [0, 0.05) is 42.6 Å². The number of H-pyrrole nitrogens is 1. The molecule has 1 amide bonds. The Hall–Kier alpha value is -3.52. The van der Waals surface area contributed by atoms with Gasteiger partial charge in [-0.25, -0.2) is 0 Å². The van der Waals surface area contributed by atoms with Crippen molar-refractivity contribution in [1.29, 1.82) is 0 Å². The number of aromatic amines is 1. The molecule has 1 aliphatic rings. The number of amides is 1. The third-order valence-electron chi connectivity index (χ3n) is 6.25. The quantitative estimate of drug-likeness (QED) is 0.517. The lowest BCUT2D eigenvalue weighted by Gasteiger charge is -2.23. The minimum atomic E-state index is -0.172. The van der Waals surface area contributed by atoms with Gasteiger partial charge in [0.25, 0.3) is 11.5 Å². The summed E-state index contributed by atoms with van der Waals surface area (Å²) in [4.78, 5) is 33.0. The number of nitrogens with one attached hydrogen (secondary N) is 2. The second-order valence-electron chi connectivity index (χ2n) is 8.29. The van der Waals surface area contributed by atoms with Crippen molar-refractivity contribution in [2.45, 2.75) is 39.3 Å². The smallest absolute Gasteiger partial charge is 0.259 e. The van der Waals surface area contributed by atoms with Crippen LogP contribution in [0.4, 0.5) is 0 Å². The first-order valence-electron chi connectivity index (χ1n) is 10.8. The molecular weight excluding hydrogens is 406 g/mol. The van der Waals surface area contributed by atoms with Crippen LogP contribution >= 0.6 is 0 Å². The molecule has 164 valence electrons. The summed E-state index contributed by atoms with van der Waals surface area (Å²) in [7, 11) is 0. The highest BCUT2D eigenvalue weighted by molar-refractivity contribution is 6.07. The fourth-order valence-corrected chi connectivity index (χ4v) is 4.42. The van der Waals surface area contributed by atoms with Gasteiger partial charge in [0.15, 0.2) is 0 Å². The zero-order valence-corrected chi connectivity index (χ0v) is 18.1. The van der Waals surface area contributed by atoms with Gasteiger partial charge in [0.1, 0.15) is 0 Å². The van der Waals surface area contributed by atoms with Crippen LogP contribution in [0.2, 0.25) is 0 Å². The molecule has 0 spiro atoms. The third kappa shape index (κ3) is 3.56. The van der Waals surface area contributed by atoms with Crippen molar-refractivity contribution < 1.29 is 9.53 Å². The van der Waals surface area contributed by atoms with E-state index in [0.717, 1.165) is 40.6 Å². The van der Waals surface area contributed by atoms with Crippen LogP contribution in [0.3, 0.4) is 0 Å². The summed E-state index contributed by atoms with van der Waals surface area (Å²) in [6.45, 7) is 5.55. The van der Waals surface area contributed by atoms with Crippen LogP contribution in [0.15, 0.2) is 41.5 Å². The van der Waals surface area contributed by atoms with E-state index in [-0.39, 0.29) is 17.5 Å². The number of nitrogens with zero attached hydrogens (tertiary/aromatic N) is 3. The molecule has 1 fully saturated rings. The van der Waals surface area contributed by atoms with Crippen LogP contribution in [0.5, 0.6) is 0 Å². The molecule has 8 heteroatoms. The number of aromatic nitrogens is 4. The van der Waals surface area contributed by atoms with E-state index < -0.39 is 0 Å². The Bertz CT molecular complexity index is 1380. The molecule has 1 aromatic carbocycles. The van der Waals surface area contributed by atoms with Crippen LogP contribution < -0.4 is 10.9 Å². The number of hydrogen-bond donors (Lipinski definition) is 2. The first-order valence-corrected chi connectivity index (χ1v) is 10.8. The largest absolute Gasteiger partial charge is 0.381 e. The number of carbonyl (C=O) groups is 1. The maximum Gasteiger partial charge on any atom is 0.259 e. The zero-order chi connectivity index (χ0) is 22.2. The summed E-state index contributed by atoms with van der Waals surface area (Å²) in [6.07, 6.45) is 5.04. The molecular formula is C24H25N5O3.